The number of hydrogen-bond acceptors (Lipinski definition) is 3. The monoisotopic (exact) mass is 720 g/mol. The largest absolute Gasteiger partial charge is 0.345 e. The molecule has 0 saturated carbocycles. The number of fused-ring (bicyclic) bond motifs is 12. The van der Waals surface area contributed by atoms with Gasteiger partial charge in [-0.05, 0) is 59.2 Å². The van der Waals surface area contributed by atoms with Crippen LogP contribution in [0.4, 0.5) is 0 Å². The van der Waals surface area contributed by atoms with Crippen LogP contribution in [0.1, 0.15) is 11.9 Å². The molecule has 0 saturated heterocycles. The summed E-state index contributed by atoms with van der Waals surface area (Å²) in [6.45, 7) is 0. The van der Waals surface area contributed by atoms with Crippen molar-refractivity contribution in [3.8, 4) is 16.8 Å². The molecule has 1 atom stereocenters. The first kappa shape index (κ1) is 30.5. The van der Waals surface area contributed by atoms with E-state index in [2.05, 4.69) is 196 Å². The molecule has 5 heteroatoms. The lowest BCUT2D eigenvalue weighted by Gasteiger charge is -2.25. The molecule has 0 radical (unpaired) electrons. The first-order chi connectivity index (χ1) is 27.3. The SMILES string of the molecule is c1ccc(C2=c3ccccc3=NC(n3c4ccccc4c4ccc5sc6ccc7c8ccccc8n(-c8ccc(-c9ccccc9)cc8)c7c6c5c43)N2)cc1. The fraction of sp³-hybridized carbons (Fsp3) is 0.0200. The van der Waals surface area contributed by atoms with Crippen molar-refractivity contribution >= 4 is 80.8 Å². The summed E-state index contributed by atoms with van der Waals surface area (Å²) in [6.07, 6.45) is -0.372. The Bertz CT molecular complexity index is 3450. The third kappa shape index (κ3) is 4.48. The Morgan fingerprint density at radius 1 is 0.455 bits per heavy atom. The zero-order valence-corrected chi connectivity index (χ0v) is 30.5. The standard InChI is InChI=1S/C50H32N4S/c1-3-13-31(14-4-1)32-23-25-34(26-24-32)53-41-21-11-8-17-35(41)37-27-29-43-45(48(37)53)46-44(55-43)30-28-38-36-18-9-12-22-42(36)54(49(38)46)50-51-40-20-10-7-19-39(40)47(52-50)33-15-5-2-6-16-33/h1-30,50,52H. The molecule has 3 aromatic heterocycles. The third-order valence-corrected chi connectivity index (χ3v) is 12.5. The lowest BCUT2D eigenvalue weighted by Crippen LogP contribution is -2.41. The van der Waals surface area contributed by atoms with Gasteiger partial charge in [-0.3, -0.25) is 0 Å². The highest BCUT2D eigenvalue weighted by Crippen LogP contribution is 2.47. The van der Waals surface area contributed by atoms with Crippen LogP contribution in [0.25, 0.3) is 86.3 Å². The van der Waals surface area contributed by atoms with Gasteiger partial charge in [-0.25, -0.2) is 4.99 Å². The Balaban J connectivity index is 1.20. The van der Waals surface area contributed by atoms with Crippen molar-refractivity contribution in [3.05, 3.63) is 198 Å². The molecule has 0 aliphatic carbocycles. The smallest absolute Gasteiger partial charge is 0.201 e. The molecule has 1 unspecified atom stereocenters. The van der Waals surface area contributed by atoms with E-state index in [1.807, 2.05) is 11.3 Å². The van der Waals surface area contributed by atoms with Crippen molar-refractivity contribution in [1.82, 2.24) is 14.5 Å². The number of para-hydroxylation sites is 3. The van der Waals surface area contributed by atoms with Crippen molar-refractivity contribution in [2.45, 2.75) is 6.29 Å². The van der Waals surface area contributed by atoms with Gasteiger partial charge < -0.3 is 14.5 Å². The summed E-state index contributed by atoms with van der Waals surface area (Å²) < 4.78 is 7.48. The highest BCUT2D eigenvalue weighted by atomic mass is 32.1. The molecule has 1 N–H and O–H groups in total. The Labute approximate surface area is 320 Å². The van der Waals surface area contributed by atoms with Gasteiger partial charge in [0, 0.05) is 52.6 Å². The number of aromatic nitrogens is 2. The molecule has 0 bridgehead atoms. The predicted molar refractivity (Wildman–Crippen MR) is 230 cm³/mol. The minimum absolute atomic E-state index is 0.372. The van der Waals surface area contributed by atoms with E-state index in [0.717, 1.165) is 33.0 Å². The summed E-state index contributed by atoms with van der Waals surface area (Å²) in [7, 11) is 0. The molecule has 4 nitrogen and oxygen atoms in total. The molecule has 258 valence electrons. The molecule has 0 fully saturated rings. The van der Waals surface area contributed by atoms with Crippen LogP contribution >= 0.6 is 11.3 Å². The maximum Gasteiger partial charge on any atom is 0.201 e. The molecule has 0 spiro atoms. The number of benzene rings is 8. The summed E-state index contributed by atoms with van der Waals surface area (Å²) in [6, 6.07) is 65.8. The fourth-order valence-electron chi connectivity index (χ4n) is 8.97. The molecule has 4 heterocycles. The number of thiophene rings is 1. The Morgan fingerprint density at radius 3 is 1.76 bits per heavy atom. The zero-order chi connectivity index (χ0) is 36.0. The van der Waals surface area contributed by atoms with Gasteiger partial charge in [-0.15, -0.1) is 11.3 Å². The van der Waals surface area contributed by atoms with Crippen LogP contribution < -0.4 is 15.9 Å². The van der Waals surface area contributed by atoms with Crippen LogP contribution in [-0.2, 0) is 0 Å². The first-order valence-corrected chi connectivity index (χ1v) is 19.6. The number of hydrogen-bond donors (Lipinski definition) is 1. The van der Waals surface area contributed by atoms with E-state index in [-0.39, 0.29) is 6.29 Å². The highest BCUT2D eigenvalue weighted by Gasteiger charge is 2.26. The van der Waals surface area contributed by atoms with Gasteiger partial charge >= 0.3 is 0 Å². The van der Waals surface area contributed by atoms with E-state index in [4.69, 9.17) is 4.99 Å². The molecule has 0 amide bonds. The normalized spacial score (nSPS) is 14.3. The Hall–Kier alpha value is -6.95. The lowest BCUT2D eigenvalue weighted by molar-refractivity contribution is 0.490. The minimum Gasteiger partial charge on any atom is -0.345 e. The van der Waals surface area contributed by atoms with Crippen LogP contribution in [0.2, 0.25) is 0 Å². The minimum atomic E-state index is -0.372. The van der Waals surface area contributed by atoms with E-state index < -0.39 is 0 Å². The summed E-state index contributed by atoms with van der Waals surface area (Å²) in [5, 5.41) is 13.5. The predicted octanol–water partition coefficient (Wildman–Crippen LogP) is 11.5. The van der Waals surface area contributed by atoms with Gasteiger partial charge in [0.15, 0.2) is 0 Å². The second-order valence-corrected chi connectivity index (χ2v) is 15.4. The van der Waals surface area contributed by atoms with Crippen LogP contribution in [0.5, 0.6) is 0 Å². The number of rotatable bonds is 4. The molecular formula is C50H32N4S. The van der Waals surface area contributed by atoms with Gasteiger partial charge in [0.25, 0.3) is 0 Å². The van der Waals surface area contributed by atoms with Crippen LogP contribution in [0.3, 0.4) is 0 Å². The van der Waals surface area contributed by atoms with E-state index in [1.165, 1.54) is 69.4 Å². The second-order valence-electron chi connectivity index (χ2n) is 14.3. The van der Waals surface area contributed by atoms with Crippen molar-refractivity contribution < 1.29 is 0 Å². The number of nitrogens with one attached hydrogen (secondary N) is 1. The van der Waals surface area contributed by atoms with Crippen LogP contribution in [0, 0.1) is 0 Å². The van der Waals surface area contributed by atoms with Crippen LogP contribution in [-0.4, -0.2) is 9.13 Å². The van der Waals surface area contributed by atoms with Crippen molar-refractivity contribution in [1.29, 1.82) is 0 Å². The van der Waals surface area contributed by atoms with Gasteiger partial charge in [0.1, 0.15) is 0 Å². The molecular weight excluding hydrogens is 689 g/mol. The molecule has 12 rings (SSSR count). The van der Waals surface area contributed by atoms with Crippen molar-refractivity contribution in [3.63, 3.8) is 0 Å². The molecule has 1 aliphatic rings. The maximum atomic E-state index is 5.46. The molecule has 1 aliphatic heterocycles. The quantitative estimate of drug-likeness (QED) is 0.193. The van der Waals surface area contributed by atoms with Gasteiger partial charge in [-0.2, -0.15) is 0 Å². The van der Waals surface area contributed by atoms with E-state index in [1.54, 1.807) is 0 Å². The van der Waals surface area contributed by atoms with E-state index in [0.29, 0.717) is 0 Å². The average molecular weight is 721 g/mol. The zero-order valence-electron chi connectivity index (χ0n) is 29.6. The summed E-state index contributed by atoms with van der Waals surface area (Å²) in [5.41, 5.74) is 10.6. The van der Waals surface area contributed by atoms with E-state index >= 15 is 0 Å². The maximum absolute atomic E-state index is 5.46. The third-order valence-electron chi connectivity index (χ3n) is 11.4. The second kappa shape index (κ2) is 11.8. The Morgan fingerprint density at radius 2 is 1.02 bits per heavy atom. The lowest BCUT2D eigenvalue weighted by atomic mass is 10.0. The molecule has 55 heavy (non-hydrogen) atoms. The van der Waals surface area contributed by atoms with Gasteiger partial charge in [-0.1, -0.05) is 140 Å². The first-order valence-electron chi connectivity index (χ1n) is 18.8. The highest BCUT2D eigenvalue weighted by molar-refractivity contribution is 7.26. The number of nitrogens with zero attached hydrogens (tertiary/aromatic N) is 3. The molecule has 11 aromatic rings. The van der Waals surface area contributed by atoms with E-state index in [9.17, 15) is 0 Å². The van der Waals surface area contributed by atoms with Crippen molar-refractivity contribution in [2.24, 2.45) is 4.99 Å². The molecule has 8 aromatic carbocycles. The summed E-state index contributed by atoms with van der Waals surface area (Å²) in [5.74, 6) is 0. The Kier molecular flexibility index (Phi) is 6.53. The van der Waals surface area contributed by atoms with Gasteiger partial charge in [0.05, 0.1) is 33.1 Å². The summed E-state index contributed by atoms with van der Waals surface area (Å²) in [4.78, 5) is 5.46. The summed E-state index contributed by atoms with van der Waals surface area (Å²) >= 11 is 1.87. The topological polar surface area (TPSA) is 34.2 Å². The van der Waals surface area contributed by atoms with Crippen molar-refractivity contribution in [2.75, 3.05) is 0 Å². The average Bonchev–Trinajstić information content (AvgIpc) is 3.92. The fourth-order valence-corrected chi connectivity index (χ4v) is 10.1. The van der Waals surface area contributed by atoms with Crippen LogP contribution in [0.15, 0.2) is 187 Å². The van der Waals surface area contributed by atoms with Gasteiger partial charge in [0.2, 0.25) is 6.29 Å².